The van der Waals surface area contributed by atoms with Crippen molar-refractivity contribution in [3.05, 3.63) is 73.7 Å². The van der Waals surface area contributed by atoms with Gasteiger partial charge in [0.2, 0.25) is 15.0 Å². The normalized spacial score (nSPS) is 12.2. The number of fused-ring (bicyclic) bond motifs is 1. The van der Waals surface area contributed by atoms with Gasteiger partial charge in [-0.3, -0.25) is 9.59 Å². The topological polar surface area (TPSA) is 146 Å². The number of carbonyl (C=O) groups excluding carboxylic acids is 1. The molecule has 0 saturated carbocycles. The Hall–Kier alpha value is -3.13. The minimum absolute atomic E-state index is 0.0595. The highest BCUT2D eigenvalue weighted by Gasteiger charge is 2.11. The summed E-state index contributed by atoms with van der Waals surface area (Å²) < 4.78 is 30.7. The van der Waals surface area contributed by atoms with Crippen molar-refractivity contribution in [1.29, 1.82) is 0 Å². The lowest BCUT2D eigenvalue weighted by Gasteiger charge is -2.10. The molecule has 3 N–H and O–H groups in total. The van der Waals surface area contributed by atoms with Crippen LogP contribution in [0.4, 0.5) is 5.69 Å². The Morgan fingerprint density at radius 2 is 2.00 bits per heavy atom. The van der Waals surface area contributed by atoms with Crippen molar-refractivity contribution in [3.63, 3.8) is 0 Å². The van der Waals surface area contributed by atoms with Gasteiger partial charge in [-0.25, -0.2) is 18.5 Å². The lowest BCUT2D eigenvalue weighted by atomic mass is 10.2. The van der Waals surface area contributed by atoms with E-state index in [9.17, 15) is 18.0 Å². The molecule has 2 aromatic carbocycles. The Balaban J connectivity index is 1.51. The number of primary sulfonamides is 1. The van der Waals surface area contributed by atoms with Gasteiger partial charge in [-0.2, -0.15) is 9.61 Å². The van der Waals surface area contributed by atoms with Crippen molar-refractivity contribution in [1.82, 2.24) is 14.6 Å². The molecule has 0 aliphatic rings. The number of nitrogens with one attached hydrogen (secondary N) is 1. The SMILES string of the molecule is NS(=O)(=O)c1ccc(NC(=O)COc2ccc(Br)cc2/C=c2\sc3ncnn3c2=O)cc1. The highest BCUT2D eigenvalue weighted by atomic mass is 79.9. The van der Waals surface area contributed by atoms with E-state index in [0.29, 0.717) is 26.5 Å². The van der Waals surface area contributed by atoms with E-state index < -0.39 is 15.9 Å². The maximum Gasteiger partial charge on any atom is 0.291 e. The number of nitrogens with zero attached hydrogens (tertiary/aromatic N) is 3. The van der Waals surface area contributed by atoms with Crippen molar-refractivity contribution in [2.45, 2.75) is 4.90 Å². The molecule has 0 atom stereocenters. The van der Waals surface area contributed by atoms with Gasteiger partial charge >= 0.3 is 0 Å². The molecule has 0 spiro atoms. The first kappa shape index (κ1) is 22.1. The minimum atomic E-state index is -3.81. The average Bonchev–Trinajstić information content (AvgIpc) is 3.30. The maximum absolute atomic E-state index is 12.4. The largest absolute Gasteiger partial charge is 0.483 e. The third-order valence-electron chi connectivity index (χ3n) is 4.20. The van der Waals surface area contributed by atoms with Gasteiger partial charge in [0.25, 0.3) is 11.5 Å². The van der Waals surface area contributed by atoms with Crippen molar-refractivity contribution < 1.29 is 17.9 Å². The van der Waals surface area contributed by atoms with Gasteiger partial charge < -0.3 is 10.1 Å². The predicted molar refractivity (Wildman–Crippen MR) is 122 cm³/mol. The second-order valence-electron chi connectivity index (χ2n) is 6.46. The first-order valence-electron chi connectivity index (χ1n) is 8.90. The molecule has 2 aromatic heterocycles. The molecule has 0 aliphatic carbocycles. The van der Waals surface area contributed by atoms with Crippen LogP contribution in [-0.4, -0.2) is 35.5 Å². The number of thiazole rings is 1. The van der Waals surface area contributed by atoms with Crippen molar-refractivity contribution >= 4 is 59.9 Å². The molecule has 0 radical (unpaired) electrons. The minimum Gasteiger partial charge on any atom is -0.483 e. The molecule has 2 heterocycles. The van der Waals surface area contributed by atoms with Gasteiger partial charge in [0.15, 0.2) is 6.61 Å². The van der Waals surface area contributed by atoms with E-state index >= 15 is 0 Å². The fraction of sp³-hybridized carbons (Fsp3) is 0.0526. The highest BCUT2D eigenvalue weighted by Crippen LogP contribution is 2.24. The lowest BCUT2D eigenvalue weighted by Crippen LogP contribution is -2.24. The summed E-state index contributed by atoms with van der Waals surface area (Å²) in [7, 11) is -3.81. The molecule has 4 rings (SSSR count). The summed E-state index contributed by atoms with van der Waals surface area (Å²) >= 11 is 4.58. The molecule has 164 valence electrons. The molecule has 0 saturated heterocycles. The molecular weight excluding hydrogens is 522 g/mol. The summed E-state index contributed by atoms with van der Waals surface area (Å²) in [5, 5.41) is 11.6. The van der Waals surface area contributed by atoms with Crippen LogP contribution in [0.2, 0.25) is 0 Å². The van der Waals surface area contributed by atoms with Crippen LogP contribution in [0.3, 0.4) is 0 Å². The molecule has 0 fully saturated rings. The molecule has 4 aromatic rings. The van der Waals surface area contributed by atoms with Crippen LogP contribution < -0.4 is 25.3 Å². The number of sulfonamides is 1. The Morgan fingerprint density at radius 3 is 2.69 bits per heavy atom. The average molecular weight is 536 g/mol. The van der Waals surface area contributed by atoms with E-state index in [0.717, 1.165) is 4.47 Å². The van der Waals surface area contributed by atoms with Crippen LogP contribution in [0.5, 0.6) is 5.75 Å². The van der Waals surface area contributed by atoms with Gasteiger partial charge in [0.1, 0.15) is 12.1 Å². The van der Waals surface area contributed by atoms with Crippen LogP contribution >= 0.6 is 27.3 Å². The number of benzene rings is 2. The molecule has 13 heteroatoms. The fourth-order valence-corrected chi connectivity index (χ4v) is 4.52. The number of hydrogen-bond donors (Lipinski definition) is 2. The summed E-state index contributed by atoms with van der Waals surface area (Å²) in [5.74, 6) is -0.0585. The van der Waals surface area contributed by atoms with Crippen molar-refractivity contribution in [3.8, 4) is 5.75 Å². The zero-order valence-electron chi connectivity index (χ0n) is 16.1. The third kappa shape index (κ3) is 4.85. The second kappa shape index (κ2) is 8.78. The Bertz CT molecular complexity index is 1530. The number of hydrogen-bond acceptors (Lipinski definition) is 8. The molecule has 10 nitrogen and oxygen atoms in total. The Labute approximate surface area is 193 Å². The van der Waals surface area contributed by atoms with Crippen LogP contribution in [0.15, 0.2) is 63.0 Å². The van der Waals surface area contributed by atoms with Crippen molar-refractivity contribution in [2.24, 2.45) is 5.14 Å². The quantitative estimate of drug-likeness (QED) is 0.376. The van der Waals surface area contributed by atoms with Crippen LogP contribution in [0, 0.1) is 0 Å². The smallest absolute Gasteiger partial charge is 0.291 e. The highest BCUT2D eigenvalue weighted by molar-refractivity contribution is 9.10. The zero-order chi connectivity index (χ0) is 22.9. The summed E-state index contributed by atoms with van der Waals surface area (Å²) in [6.07, 6.45) is 2.96. The van der Waals surface area contributed by atoms with Gasteiger partial charge in [-0.1, -0.05) is 27.3 Å². The molecule has 0 bridgehead atoms. The van der Waals surface area contributed by atoms with Crippen LogP contribution in [-0.2, 0) is 14.8 Å². The van der Waals surface area contributed by atoms with Gasteiger partial charge in [-0.15, -0.1) is 0 Å². The van der Waals surface area contributed by atoms with E-state index in [1.165, 1.54) is 46.4 Å². The van der Waals surface area contributed by atoms with E-state index in [1.54, 1.807) is 24.3 Å². The van der Waals surface area contributed by atoms with Gasteiger partial charge in [-0.05, 0) is 48.5 Å². The van der Waals surface area contributed by atoms with E-state index in [1.807, 2.05) is 0 Å². The molecule has 0 unspecified atom stereocenters. The lowest BCUT2D eigenvalue weighted by molar-refractivity contribution is -0.118. The first-order valence-corrected chi connectivity index (χ1v) is 12.1. The molecule has 1 amide bonds. The number of rotatable bonds is 6. The number of carbonyl (C=O) groups is 1. The van der Waals surface area contributed by atoms with E-state index in [4.69, 9.17) is 9.88 Å². The maximum atomic E-state index is 12.4. The summed E-state index contributed by atoms with van der Waals surface area (Å²) in [6.45, 7) is -0.307. The Morgan fingerprint density at radius 1 is 1.25 bits per heavy atom. The summed E-state index contributed by atoms with van der Waals surface area (Å²) in [4.78, 5) is 29.1. The first-order chi connectivity index (χ1) is 15.2. The van der Waals surface area contributed by atoms with Crippen molar-refractivity contribution in [2.75, 3.05) is 11.9 Å². The van der Waals surface area contributed by atoms with Crippen LogP contribution in [0.1, 0.15) is 5.56 Å². The number of nitrogens with two attached hydrogens (primary N) is 1. The standard InChI is InChI=1S/C19H14BrN5O5S2/c20-12-1-6-15(11(7-12)8-16-18(27)25-19(31-16)22-10-23-25)30-9-17(26)24-13-2-4-14(5-3-13)32(21,28)29/h1-8,10H,9H2,(H,24,26)(H2,21,28,29)/b16-8-. The number of aromatic nitrogens is 3. The molecule has 32 heavy (non-hydrogen) atoms. The van der Waals surface area contributed by atoms with E-state index in [-0.39, 0.29) is 17.1 Å². The van der Waals surface area contributed by atoms with Gasteiger partial charge in [0, 0.05) is 15.7 Å². The summed E-state index contributed by atoms with van der Waals surface area (Å²) in [6, 6.07) is 10.6. The zero-order valence-corrected chi connectivity index (χ0v) is 19.3. The summed E-state index contributed by atoms with van der Waals surface area (Å²) in [5.41, 5.74) is 0.680. The number of anilines is 1. The third-order valence-corrected chi connectivity index (χ3v) is 6.60. The Kier molecular flexibility index (Phi) is 6.06. The molecule has 0 aliphatic heterocycles. The predicted octanol–water partition coefficient (Wildman–Crippen LogP) is 1.13. The van der Waals surface area contributed by atoms with Gasteiger partial charge in [0.05, 0.1) is 9.43 Å². The van der Waals surface area contributed by atoms with Crippen LogP contribution in [0.25, 0.3) is 11.0 Å². The second-order valence-corrected chi connectivity index (χ2v) is 9.94. The number of ether oxygens (including phenoxy) is 1. The monoisotopic (exact) mass is 535 g/mol. The van der Waals surface area contributed by atoms with E-state index in [2.05, 4.69) is 31.3 Å². The number of halogens is 1. The number of amides is 1. The fourth-order valence-electron chi connectivity index (χ4n) is 2.75. The molecular formula is C19H14BrN5O5S2.